The summed E-state index contributed by atoms with van der Waals surface area (Å²) in [6.07, 6.45) is -0.961. The summed E-state index contributed by atoms with van der Waals surface area (Å²) in [4.78, 5) is 15.9. The first-order chi connectivity index (χ1) is 13.9. The van der Waals surface area contributed by atoms with Gasteiger partial charge in [0.1, 0.15) is 11.9 Å². The van der Waals surface area contributed by atoms with Crippen LogP contribution in [0.2, 0.25) is 10.0 Å². The Morgan fingerprint density at radius 3 is 2.43 bits per heavy atom. The van der Waals surface area contributed by atoms with E-state index in [1.807, 2.05) is 5.48 Å². The number of nitrogens with zero attached hydrogens (tertiary/aromatic N) is 2. The molecule has 0 amide bonds. The number of hydroxylamine groups is 1. The number of carbonyl (C=O) groups excluding carboxylic acids is 1. The van der Waals surface area contributed by atoms with Gasteiger partial charge in [0.25, 0.3) is 0 Å². The Morgan fingerprint density at radius 1 is 1.40 bits per heavy atom. The summed E-state index contributed by atoms with van der Waals surface area (Å²) in [6.45, 7) is 1.57. The molecule has 1 aromatic heterocycles. The molecule has 162 valence electrons. The monoisotopic (exact) mass is 483 g/mol. The van der Waals surface area contributed by atoms with Gasteiger partial charge < -0.3 is 15.1 Å². The molecule has 4 N–H and O–H groups in total. The number of benzene rings is 1. The van der Waals surface area contributed by atoms with Crippen LogP contribution in [0.5, 0.6) is 0 Å². The van der Waals surface area contributed by atoms with Gasteiger partial charge in [-0.05, 0) is 30.2 Å². The minimum Gasteiger partial charge on any atom is -0.611 e. The van der Waals surface area contributed by atoms with Crippen LogP contribution in [0.15, 0.2) is 29.2 Å². The van der Waals surface area contributed by atoms with Gasteiger partial charge >= 0.3 is 12.1 Å². The number of anilines is 1. The maximum Gasteiger partial charge on any atom is 0.416 e. The third-order valence-electron chi connectivity index (χ3n) is 3.51. The van der Waals surface area contributed by atoms with Crippen molar-refractivity contribution in [3.63, 3.8) is 0 Å². The first-order valence-corrected chi connectivity index (χ1v) is 10.2. The molecule has 2 aromatic rings. The summed E-state index contributed by atoms with van der Waals surface area (Å²) in [5.41, 5.74) is 6.42. The lowest BCUT2D eigenvalue weighted by atomic mass is 10.2. The second kappa shape index (κ2) is 9.16. The molecule has 30 heavy (non-hydrogen) atoms. The number of aromatic nitrogens is 2. The van der Waals surface area contributed by atoms with Gasteiger partial charge in [-0.2, -0.15) is 23.8 Å². The van der Waals surface area contributed by atoms with Crippen LogP contribution < -0.4 is 11.2 Å². The summed E-state index contributed by atoms with van der Waals surface area (Å²) in [7, 11) is 0. The Hall–Kier alpha value is -2.41. The Bertz CT molecular complexity index is 1000. The van der Waals surface area contributed by atoms with Gasteiger partial charge in [0, 0.05) is 6.08 Å². The largest absolute Gasteiger partial charge is 0.611 e. The Labute approximate surface area is 181 Å². The third kappa shape index (κ3) is 5.01. The molecule has 1 unspecified atom stereocenters. The SMILES string of the molecule is CC=CC(=O)ONC(=N)c1nn(-c2c(Cl)cc(C(F)(F)F)cc2Cl)c(N)c1[S+](C)[O-]. The van der Waals surface area contributed by atoms with Crippen molar-refractivity contribution >= 4 is 52.0 Å². The molecular weight excluding hydrogens is 470 g/mol. The fourth-order valence-electron chi connectivity index (χ4n) is 2.29. The number of hydrogen-bond acceptors (Lipinski definition) is 6. The lowest BCUT2D eigenvalue weighted by Gasteiger charge is -2.13. The van der Waals surface area contributed by atoms with E-state index in [-0.39, 0.29) is 22.1 Å². The minimum atomic E-state index is -4.69. The van der Waals surface area contributed by atoms with Crippen molar-refractivity contribution in [3.05, 3.63) is 45.6 Å². The second-order valence-corrected chi connectivity index (χ2v) is 7.74. The molecule has 0 bridgehead atoms. The predicted molar refractivity (Wildman–Crippen MR) is 106 cm³/mol. The highest BCUT2D eigenvalue weighted by Gasteiger charge is 2.34. The van der Waals surface area contributed by atoms with Crippen LogP contribution in [0, 0.1) is 5.41 Å². The fourth-order valence-corrected chi connectivity index (χ4v) is 3.73. The maximum absolute atomic E-state index is 13.0. The second-order valence-electron chi connectivity index (χ2n) is 5.61. The Morgan fingerprint density at radius 2 is 1.97 bits per heavy atom. The van der Waals surface area contributed by atoms with Crippen molar-refractivity contribution in [3.8, 4) is 5.69 Å². The molecular formula is C16H14Cl2F3N5O3S. The van der Waals surface area contributed by atoms with E-state index in [1.165, 1.54) is 12.3 Å². The van der Waals surface area contributed by atoms with Crippen LogP contribution in [0.3, 0.4) is 0 Å². The molecule has 1 atom stereocenters. The quantitative estimate of drug-likeness (QED) is 0.200. The van der Waals surface area contributed by atoms with Gasteiger partial charge in [0.05, 0.1) is 15.6 Å². The van der Waals surface area contributed by atoms with Crippen LogP contribution in [-0.2, 0) is 27.0 Å². The molecule has 0 spiro atoms. The van der Waals surface area contributed by atoms with E-state index in [1.54, 1.807) is 6.92 Å². The van der Waals surface area contributed by atoms with E-state index in [9.17, 15) is 22.5 Å². The van der Waals surface area contributed by atoms with Crippen molar-refractivity contribution < 1.29 is 27.4 Å². The molecule has 0 saturated carbocycles. The Balaban J connectivity index is 2.55. The van der Waals surface area contributed by atoms with Gasteiger partial charge in [0.2, 0.25) is 4.90 Å². The Kier molecular flexibility index (Phi) is 7.29. The third-order valence-corrected chi connectivity index (χ3v) is 5.07. The highest BCUT2D eigenvalue weighted by Crippen LogP contribution is 2.39. The number of halogens is 5. The lowest BCUT2D eigenvalue weighted by Crippen LogP contribution is -2.28. The molecule has 2 rings (SSSR count). The summed E-state index contributed by atoms with van der Waals surface area (Å²) in [5, 5.41) is 11.1. The topological polar surface area (TPSA) is 129 Å². The van der Waals surface area contributed by atoms with Crippen molar-refractivity contribution in [2.75, 3.05) is 12.0 Å². The molecule has 0 aliphatic rings. The van der Waals surface area contributed by atoms with Crippen molar-refractivity contribution in [2.45, 2.75) is 18.0 Å². The minimum absolute atomic E-state index is 0.137. The van der Waals surface area contributed by atoms with Crippen LogP contribution in [0.25, 0.3) is 5.69 Å². The number of hydrogen-bond donors (Lipinski definition) is 3. The molecule has 1 heterocycles. The van der Waals surface area contributed by atoms with E-state index in [2.05, 4.69) is 9.94 Å². The number of nitrogens with one attached hydrogen (secondary N) is 2. The van der Waals surface area contributed by atoms with Crippen LogP contribution in [0.4, 0.5) is 19.0 Å². The van der Waals surface area contributed by atoms with Gasteiger partial charge in [-0.1, -0.05) is 29.3 Å². The van der Waals surface area contributed by atoms with E-state index >= 15 is 0 Å². The first kappa shape index (κ1) is 23.9. The number of allylic oxidation sites excluding steroid dienone is 1. The van der Waals surface area contributed by atoms with Gasteiger partial charge in [-0.25, -0.2) is 9.48 Å². The lowest BCUT2D eigenvalue weighted by molar-refractivity contribution is -0.141. The molecule has 14 heteroatoms. The molecule has 0 aliphatic heterocycles. The standard InChI is InChI=1S/C16H14Cl2F3N5O3S/c1-3-4-10(27)29-25-14(22)11-13(30(2)28)15(23)26(24-11)12-8(17)5-7(6-9(12)18)16(19,20)21/h3-6H,23H2,1-2H3,(H2,22,25). The number of alkyl halides is 3. The molecule has 0 radical (unpaired) electrons. The van der Waals surface area contributed by atoms with Gasteiger partial charge in [-0.15, -0.1) is 0 Å². The molecule has 0 aliphatic carbocycles. The van der Waals surface area contributed by atoms with E-state index in [4.69, 9.17) is 34.3 Å². The molecule has 0 saturated heterocycles. The normalized spacial score (nSPS) is 12.8. The van der Waals surface area contributed by atoms with Crippen LogP contribution in [-0.4, -0.2) is 32.4 Å². The predicted octanol–water partition coefficient (Wildman–Crippen LogP) is 3.47. The van der Waals surface area contributed by atoms with Crippen molar-refractivity contribution in [1.82, 2.24) is 15.3 Å². The average molecular weight is 484 g/mol. The van der Waals surface area contributed by atoms with Crippen LogP contribution >= 0.6 is 23.2 Å². The number of amidine groups is 1. The molecule has 0 fully saturated rings. The summed E-state index contributed by atoms with van der Waals surface area (Å²) in [5.74, 6) is -1.67. The van der Waals surface area contributed by atoms with Gasteiger partial charge in [-0.3, -0.25) is 5.41 Å². The zero-order chi connectivity index (χ0) is 22.8. The summed E-state index contributed by atoms with van der Waals surface area (Å²) in [6, 6.07) is 1.27. The van der Waals surface area contributed by atoms with E-state index in [0.717, 1.165) is 10.8 Å². The summed E-state index contributed by atoms with van der Waals surface area (Å²) < 4.78 is 51.9. The first-order valence-electron chi connectivity index (χ1n) is 7.85. The summed E-state index contributed by atoms with van der Waals surface area (Å²) >= 11 is 10.2. The maximum atomic E-state index is 13.0. The average Bonchev–Trinajstić information content (AvgIpc) is 2.96. The highest BCUT2D eigenvalue weighted by molar-refractivity contribution is 7.91. The zero-order valence-corrected chi connectivity index (χ0v) is 17.6. The molecule has 8 nitrogen and oxygen atoms in total. The van der Waals surface area contributed by atoms with Crippen molar-refractivity contribution in [1.29, 1.82) is 5.41 Å². The number of carbonyl (C=O) groups is 1. The smallest absolute Gasteiger partial charge is 0.416 e. The van der Waals surface area contributed by atoms with E-state index < -0.39 is 44.8 Å². The highest BCUT2D eigenvalue weighted by atomic mass is 35.5. The molecule has 1 aromatic carbocycles. The van der Waals surface area contributed by atoms with Crippen molar-refractivity contribution in [2.24, 2.45) is 0 Å². The van der Waals surface area contributed by atoms with E-state index in [0.29, 0.717) is 12.1 Å². The fraction of sp³-hybridized carbons (Fsp3) is 0.188. The van der Waals surface area contributed by atoms with Crippen LogP contribution in [0.1, 0.15) is 18.2 Å². The number of nitrogens with two attached hydrogens (primary N) is 1. The zero-order valence-electron chi connectivity index (χ0n) is 15.3. The van der Waals surface area contributed by atoms with Gasteiger partial charge in [0.15, 0.2) is 17.3 Å². The number of rotatable bonds is 4. The number of nitrogen functional groups attached to an aromatic ring is 1.